The smallest absolute Gasteiger partial charge is 0.247 e. The highest BCUT2D eigenvalue weighted by atomic mass is 19.2. The molecule has 84 valence electrons. The maximum Gasteiger partial charge on any atom is 0.247 e. The highest BCUT2D eigenvalue weighted by Crippen LogP contribution is 2.57. The van der Waals surface area contributed by atoms with E-state index < -0.39 is 11.4 Å². The van der Waals surface area contributed by atoms with Gasteiger partial charge in [0, 0.05) is 6.92 Å². The second kappa shape index (κ2) is 2.96. The Morgan fingerprint density at radius 1 is 1.13 bits per heavy atom. The van der Waals surface area contributed by atoms with Crippen molar-refractivity contribution in [1.29, 1.82) is 0 Å². The monoisotopic (exact) mass is 211 g/mol. The normalized spacial score (nSPS) is 46.9. The summed E-state index contributed by atoms with van der Waals surface area (Å²) in [5.41, 5.74) is -0.402. The Morgan fingerprint density at radius 2 is 1.53 bits per heavy atom. The quantitative estimate of drug-likeness (QED) is 0.611. The Hall–Kier alpha value is -0.600. The predicted molar refractivity (Wildman–Crippen MR) is 54.5 cm³/mol. The second-order valence-electron chi connectivity index (χ2n) is 5.94. The first kappa shape index (κ1) is 9.61. The number of hydrogen-bond donors (Lipinski definition) is 0. The summed E-state index contributed by atoms with van der Waals surface area (Å²) < 4.78 is 14.0. The molecule has 4 aliphatic rings. The molecule has 0 unspecified atom stereocenters. The van der Waals surface area contributed by atoms with Crippen LogP contribution in [0.1, 0.15) is 45.4 Å². The Morgan fingerprint density at radius 3 is 1.87 bits per heavy atom. The molecule has 4 aliphatic carbocycles. The van der Waals surface area contributed by atoms with Crippen LogP contribution in [0, 0.1) is 17.8 Å². The van der Waals surface area contributed by atoms with Gasteiger partial charge in [-0.1, -0.05) is 4.48 Å². The standard InChI is InChI=1S/C12H18FNO/c1-8(15)14(13)12-5-9-2-10(6-12)4-11(3-9)7-12/h9-11H,2-7H2,1H3. The summed E-state index contributed by atoms with van der Waals surface area (Å²) in [6, 6.07) is 0. The number of amides is 1. The fraction of sp³-hybridized carbons (Fsp3) is 0.917. The van der Waals surface area contributed by atoms with Crippen LogP contribution in [0.2, 0.25) is 0 Å². The average molecular weight is 211 g/mol. The Kier molecular flexibility index (Phi) is 1.89. The van der Waals surface area contributed by atoms with E-state index in [9.17, 15) is 9.28 Å². The molecule has 3 heteroatoms. The lowest BCUT2D eigenvalue weighted by Gasteiger charge is -2.57. The van der Waals surface area contributed by atoms with Gasteiger partial charge in [0.05, 0.1) is 5.54 Å². The van der Waals surface area contributed by atoms with E-state index in [4.69, 9.17) is 0 Å². The number of carbonyl (C=O) groups is 1. The first-order valence-electron chi connectivity index (χ1n) is 6.06. The number of rotatable bonds is 1. The van der Waals surface area contributed by atoms with Crippen molar-refractivity contribution in [1.82, 2.24) is 5.12 Å². The van der Waals surface area contributed by atoms with E-state index >= 15 is 0 Å². The third-order valence-electron chi connectivity index (χ3n) is 4.70. The van der Waals surface area contributed by atoms with E-state index in [1.165, 1.54) is 26.2 Å². The third kappa shape index (κ3) is 1.31. The van der Waals surface area contributed by atoms with Gasteiger partial charge in [-0.3, -0.25) is 4.79 Å². The molecule has 0 aromatic heterocycles. The molecule has 4 saturated carbocycles. The first-order valence-corrected chi connectivity index (χ1v) is 6.06. The zero-order chi connectivity index (χ0) is 10.6. The van der Waals surface area contributed by atoms with Gasteiger partial charge >= 0.3 is 0 Å². The van der Waals surface area contributed by atoms with E-state index in [0.29, 0.717) is 22.9 Å². The zero-order valence-electron chi connectivity index (χ0n) is 9.21. The molecule has 0 aromatic carbocycles. The van der Waals surface area contributed by atoms with Crippen LogP contribution in [-0.2, 0) is 4.79 Å². The van der Waals surface area contributed by atoms with Gasteiger partial charge in [-0.2, -0.15) is 5.12 Å². The molecule has 15 heavy (non-hydrogen) atoms. The third-order valence-corrected chi connectivity index (χ3v) is 4.70. The predicted octanol–water partition coefficient (Wildman–Crippen LogP) is 2.69. The van der Waals surface area contributed by atoms with Crippen LogP contribution in [-0.4, -0.2) is 16.6 Å². The summed E-state index contributed by atoms with van der Waals surface area (Å²) in [6.07, 6.45) is 6.58. The van der Waals surface area contributed by atoms with Crippen LogP contribution in [0.3, 0.4) is 0 Å². The molecule has 4 fully saturated rings. The minimum Gasteiger partial charge on any atom is -0.273 e. The van der Waals surface area contributed by atoms with Crippen LogP contribution in [0.25, 0.3) is 0 Å². The van der Waals surface area contributed by atoms with Gasteiger partial charge in [0.1, 0.15) is 0 Å². The molecule has 0 aromatic rings. The lowest BCUT2D eigenvalue weighted by Crippen LogP contribution is -2.58. The van der Waals surface area contributed by atoms with Gasteiger partial charge in [0.15, 0.2) is 0 Å². The van der Waals surface area contributed by atoms with Crippen molar-refractivity contribution in [3.05, 3.63) is 0 Å². The lowest BCUT2D eigenvalue weighted by atomic mass is 9.53. The van der Waals surface area contributed by atoms with E-state index in [0.717, 1.165) is 19.3 Å². The molecule has 0 heterocycles. The molecule has 2 nitrogen and oxygen atoms in total. The maximum atomic E-state index is 14.0. The van der Waals surface area contributed by atoms with Crippen molar-refractivity contribution >= 4 is 5.91 Å². The topological polar surface area (TPSA) is 20.3 Å². The second-order valence-corrected chi connectivity index (χ2v) is 5.94. The molecular formula is C12H18FNO. The number of carbonyl (C=O) groups excluding carboxylic acids is 1. The van der Waals surface area contributed by atoms with Crippen molar-refractivity contribution in [2.75, 3.05) is 0 Å². The van der Waals surface area contributed by atoms with Crippen molar-refractivity contribution < 1.29 is 9.28 Å². The molecular weight excluding hydrogens is 193 g/mol. The van der Waals surface area contributed by atoms with Gasteiger partial charge in [0.2, 0.25) is 5.91 Å². The van der Waals surface area contributed by atoms with E-state index in [1.807, 2.05) is 0 Å². The van der Waals surface area contributed by atoms with Crippen LogP contribution >= 0.6 is 0 Å². The molecule has 4 bridgehead atoms. The number of hydrogen-bond acceptors (Lipinski definition) is 1. The molecule has 0 radical (unpaired) electrons. The van der Waals surface area contributed by atoms with Gasteiger partial charge in [-0.15, -0.1) is 0 Å². The Bertz CT molecular complexity index is 267. The van der Waals surface area contributed by atoms with Crippen molar-refractivity contribution in [3.8, 4) is 0 Å². The molecule has 4 rings (SSSR count). The fourth-order valence-corrected chi connectivity index (χ4v) is 4.64. The molecule has 0 saturated heterocycles. The van der Waals surface area contributed by atoms with Crippen LogP contribution in [0.5, 0.6) is 0 Å². The fourth-order valence-electron chi connectivity index (χ4n) is 4.64. The molecule has 0 spiro atoms. The lowest BCUT2D eigenvalue weighted by molar-refractivity contribution is -0.187. The van der Waals surface area contributed by atoms with Gasteiger partial charge in [0.25, 0.3) is 0 Å². The zero-order valence-corrected chi connectivity index (χ0v) is 9.21. The number of nitrogens with zero attached hydrogens (tertiary/aromatic N) is 1. The summed E-state index contributed by atoms with van der Waals surface area (Å²) in [6.45, 7) is 1.35. The molecule has 1 amide bonds. The van der Waals surface area contributed by atoms with Crippen LogP contribution < -0.4 is 0 Å². The Balaban J connectivity index is 1.89. The van der Waals surface area contributed by atoms with Crippen molar-refractivity contribution in [3.63, 3.8) is 0 Å². The highest BCUT2D eigenvalue weighted by molar-refractivity contribution is 5.73. The summed E-state index contributed by atoms with van der Waals surface area (Å²) in [4.78, 5) is 11.2. The summed E-state index contributed by atoms with van der Waals surface area (Å²) in [7, 11) is 0. The largest absolute Gasteiger partial charge is 0.273 e. The summed E-state index contributed by atoms with van der Waals surface area (Å²) in [5, 5.41) is 0.567. The molecule has 0 aliphatic heterocycles. The molecule has 0 atom stereocenters. The van der Waals surface area contributed by atoms with Crippen molar-refractivity contribution in [2.45, 2.75) is 51.0 Å². The van der Waals surface area contributed by atoms with E-state index in [2.05, 4.69) is 0 Å². The van der Waals surface area contributed by atoms with E-state index in [1.54, 1.807) is 0 Å². The van der Waals surface area contributed by atoms with Crippen LogP contribution in [0.4, 0.5) is 4.48 Å². The van der Waals surface area contributed by atoms with E-state index in [-0.39, 0.29) is 0 Å². The maximum absolute atomic E-state index is 14.0. The summed E-state index contributed by atoms with van der Waals surface area (Å²) >= 11 is 0. The summed E-state index contributed by atoms with van der Waals surface area (Å²) in [5.74, 6) is 1.66. The number of halogens is 1. The Labute approximate surface area is 89.8 Å². The minimum atomic E-state index is -0.406. The average Bonchev–Trinajstić information content (AvgIpc) is 2.14. The van der Waals surface area contributed by atoms with Crippen molar-refractivity contribution in [2.24, 2.45) is 17.8 Å². The van der Waals surface area contributed by atoms with Crippen LogP contribution in [0.15, 0.2) is 0 Å². The van der Waals surface area contributed by atoms with Gasteiger partial charge in [-0.05, 0) is 56.3 Å². The van der Waals surface area contributed by atoms with Gasteiger partial charge in [-0.25, -0.2) is 0 Å². The van der Waals surface area contributed by atoms with Gasteiger partial charge < -0.3 is 0 Å². The highest BCUT2D eigenvalue weighted by Gasteiger charge is 2.55. The SMILES string of the molecule is CC(=O)N(F)C12CC3CC(CC(C3)C1)C2. The first-order chi connectivity index (χ1) is 7.09. The molecule has 0 N–H and O–H groups in total. The minimum absolute atomic E-state index is 0.402.